The molecule has 7 heterocycles. The van der Waals surface area contributed by atoms with Crippen LogP contribution in [0.15, 0.2) is 48.5 Å². The van der Waals surface area contributed by atoms with Gasteiger partial charge in [-0.15, -0.1) is 0 Å². The van der Waals surface area contributed by atoms with Crippen molar-refractivity contribution in [3.05, 3.63) is 70.8 Å². The highest BCUT2D eigenvalue weighted by molar-refractivity contribution is 5.85. The summed E-state index contributed by atoms with van der Waals surface area (Å²) in [5.41, 5.74) is 5.39. The summed E-state index contributed by atoms with van der Waals surface area (Å²) >= 11 is 0. The Morgan fingerprint density at radius 2 is 1.05 bits per heavy atom. The lowest BCUT2D eigenvalue weighted by atomic mass is 9.97. The van der Waals surface area contributed by atoms with Gasteiger partial charge in [0.15, 0.2) is 0 Å². The molecule has 0 aliphatic carbocycles. The number of likely N-dealkylation sites (tertiary alicyclic amines) is 2. The van der Waals surface area contributed by atoms with Gasteiger partial charge < -0.3 is 49.9 Å². The normalized spacial score (nSPS) is 24.2. The van der Waals surface area contributed by atoms with E-state index < -0.39 is 12.2 Å². The van der Waals surface area contributed by atoms with Crippen molar-refractivity contribution in [3.63, 3.8) is 0 Å². The van der Waals surface area contributed by atoms with E-state index in [1.165, 1.54) is 22.3 Å². The summed E-state index contributed by atoms with van der Waals surface area (Å²) in [5, 5.41) is 26.4. The van der Waals surface area contributed by atoms with Crippen molar-refractivity contribution in [2.24, 2.45) is 11.8 Å². The van der Waals surface area contributed by atoms with Crippen LogP contribution in [0.2, 0.25) is 0 Å². The van der Waals surface area contributed by atoms with Crippen LogP contribution in [0, 0.1) is 11.8 Å². The standard InChI is InChI=1S/C23H32N4O4.C21H30N4O4/c28-21(13-25-8-7-16-3-1-2-4-17(16)10-25)9-24-23(30)26-11-18(12-26)22(29)27-19-5-6-20(27)15-31-14-19;26-19(15-23-6-5-16-3-1-2-4-17(16)12-23)11-22-21(28)25-13-18(14-25)20(27)24-7-9-29-10-8-24/h1-4,18-21,28H,5-15H2,(H,24,30);1-4,18-19,26H,5-15H2,(H,22,28). The number of hydrogen-bond donors (Lipinski definition) is 4. The lowest BCUT2D eigenvalue weighted by Crippen LogP contribution is -2.62. The first-order chi connectivity index (χ1) is 29.2. The fourth-order valence-corrected chi connectivity index (χ4v) is 9.62. The molecule has 0 saturated carbocycles. The zero-order valence-electron chi connectivity index (χ0n) is 34.7. The summed E-state index contributed by atoms with van der Waals surface area (Å²) in [5.74, 6) is 0.0653. The predicted octanol–water partition coefficient (Wildman–Crippen LogP) is 0.343. The minimum atomic E-state index is -0.615. The number of carbonyl (C=O) groups excluding carboxylic acids is 4. The molecule has 7 aliphatic rings. The lowest BCUT2D eigenvalue weighted by molar-refractivity contribution is -0.149. The number of morpholine rings is 2. The minimum absolute atomic E-state index is 0.106. The highest BCUT2D eigenvalue weighted by Gasteiger charge is 2.46. The number of aliphatic hydroxyl groups excluding tert-OH is 2. The van der Waals surface area contributed by atoms with Gasteiger partial charge in [0.05, 0.1) is 62.6 Å². The summed E-state index contributed by atoms with van der Waals surface area (Å²) in [6, 6.07) is 16.8. The number of nitrogens with zero attached hydrogens (tertiary/aromatic N) is 6. The Kier molecular flexibility index (Phi) is 13.8. The van der Waals surface area contributed by atoms with Crippen LogP contribution in [-0.2, 0) is 45.0 Å². The van der Waals surface area contributed by atoms with Gasteiger partial charge in [0.1, 0.15) is 0 Å². The number of amides is 6. The zero-order chi connectivity index (χ0) is 41.6. The van der Waals surface area contributed by atoms with Crippen molar-refractivity contribution in [1.29, 1.82) is 0 Å². The van der Waals surface area contributed by atoms with Gasteiger partial charge in [-0.25, -0.2) is 9.59 Å². The molecule has 4 unspecified atom stereocenters. The second kappa shape index (κ2) is 19.6. The fraction of sp³-hybridized carbons (Fsp3) is 0.636. The molecule has 2 aromatic rings. The second-order valence-corrected chi connectivity index (χ2v) is 17.5. The Labute approximate surface area is 352 Å². The topological polar surface area (TPSA) is 171 Å². The van der Waals surface area contributed by atoms with Crippen LogP contribution < -0.4 is 10.6 Å². The first-order valence-corrected chi connectivity index (χ1v) is 21.9. The first kappa shape index (κ1) is 42.4. The Bertz CT molecular complexity index is 1800. The van der Waals surface area contributed by atoms with Crippen molar-refractivity contribution in [2.45, 2.75) is 63.1 Å². The number of benzene rings is 2. The first-order valence-electron chi connectivity index (χ1n) is 21.9. The van der Waals surface area contributed by atoms with Gasteiger partial charge in [0, 0.05) is 91.6 Å². The molecule has 326 valence electrons. The van der Waals surface area contributed by atoms with Gasteiger partial charge in [-0.3, -0.25) is 19.4 Å². The number of aliphatic hydroxyl groups is 2. The van der Waals surface area contributed by atoms with E-state index in [4.69, 9.17) is 9.47 Å². The van der Waals surface area contributed by atoms with E-state index in [2.05, 4.69) is 56.8 Å². The lowest BCUT2D eigenvalue weighted by Gasteiger charge is -2.43. The number of hydrogen-bond acceptors (Lipinski definition) is 10. The fourth-order valence-electron chi connectivity index (χ4n) is 9.62. The van der Waals surface area contributed by atoms with Gasteiger partial charge in [0.25, 0.3) is 0 Å². The molecule has 4 N–H and O–H groups in total. The van der Waals surface area contributed by atoms with Crippen LogP contribution in [-0.4, -0.2) is 193 Å². The molecule has 16 heteroatoms. The molecular weight excluding hydrogens is 769 g/mol. The third kappa shape index (κ3) is 10.2. The van der Waals surface area contributed by atoms with Crippen molar-refractivity contribution < 1.29 is 38.9 Å². The van der Waals surface area contributed by atoms with Crippen molar-refractivity contribution in [2.75, 3.05) is 105 Å². The number of rotatable bonds is 10. The van der Waals surface area contributed by atoms with Gasteiger partial charge >= 0.3 is 12.1 Å². The smallest absolute Gasteiger partial charge is 0.317 e. The van der Waals surface area contributed by atoms with E-state index in [-0.39, 0.29) is 60.9 Å². The maximum absolute atomic E-state index is 12.9. The number of fused-ring (bicyclic) bond motifs is 4. The predicted molar refractivity (Wildman–Crippen MR) is 222 cm³/mol. The molecule has 4 atom stereocenters. The summed E-state index contributed by atoms with van der Waals surface area (Å²) in [7, 11) is 0. The van der Waals surface area contributed by atoms with E-state index >= 15 is 0 Å². The maximum Gasteiger partial charge on any atom is 0.317 e. The van der Waals surface area contributed by atoms with Crippen molar-refractivity contribution in [3.8, 4) is 0 Å². The molecule has 6 amide bonds. The van der Waals surface area contributed by atoms with E-state index in [0.717, 1.165) is 51.9 Å². The molecule has 0 spiro atoms. The molecule has 5 saturated heterocycles. The maximum atomic E-state index is 12.9. The van der Waals surface area contributed by atoms with Gasteiger partial charge in [-0.2, -0.15) is 0 Å². The highest BCUT2D eigenvalue weighted by Crippen LogP contribution is 2.32. The SMILES string of the molecule is O=C(NCC(O)CN1CCc2ccccc2C1)N1CC(C(=O)N2C3CCC2COC3)C1.O=C(NCC(O)CN1CCc2ccccc2C1)N1CC(C(=O)N2CCOCC2)C1. The zero-order valence-corrected chi connectivity index (χ0v) is 34.7. The van der Waals surface area contributed by atoms with E-state index in [9.17, 15) is 29.4 Å². The van der Waals surface area contributed by atoms with Crippen molar-refractivity contribution >= 4 is 23.9 Å². The molecule has 2 bridgehead atoms. The number of ether oxygens (including phenoxy) is 2. The van der Waals surface area contributed by atoms with E-state index in [0.29, 0.717) is 78.8 Å². The summed E-state index contributed by atoms with van der Waals surface area (Å²) in [6.07, 6.45) is 2.79. The molecule has 0 radical (unpaired) electrons. The minimum Gasteiger partial charge on any atom is -0.390 e. The molecule has 0 aromatic heterocycles. The number of carbonyl (C=O) groups is 4. The quantitative estimate of drug-likeness (QED) is 0.262. The van der Waals surface area contributed by atoms with Crippen LogP contribution in [0.4, 0.5) is 9.59 Å². The summed E-state index contributed by atoms with van der Waals surface area (Å²) in [4.78, 5) is 61.5. The largest absolute Gasteiger partial charge is 0.390 e. The van der Waals surface area contributed by atoms with Crippen LogP contribution in [0.1, 0.15) is 35.1 Å². The average Bonchev–Trinajstić information content (AvgIpc) is 3.48. The number of β-amino-alcohol motifs (C(OH)–C–C–N with tert-alkyl or cyclic N) is 2. The van der Waals surface area contributed by atoms with Gasteiger partial charge in [0.2, 0.25) is 11.8 Å². The van der Waals surface area contributed by atoms with Gasteiger partial charge in [-0.05, 0) is 47.9 Å². The molecule has 2 aromatic carbocycles. The van der Waals surface area contributed by atoms with Crippen LogP contribution in [0.25, 0.3) is 0 Å². The van der Waals surface area contributed by atoms with Crippen LogP contribution in [0.3, 0.4) is 0 Å². The van der Waals surface area contributed by atoms with Gasteiger partial charge in [-0.1, -0.05) is 48.5 Å². The molecule has 60 heavy (non-hydrogen) atoms. The Morgan fingerprint density at radius 1 is 0.600 bits per heavy atom. The van der Waals surface area contributed by atoms with Crippen molar-refractivity contribution in [1.82, 2.24) is 40.0 Å². The summed E-state index contributed by atoms with van der Waals surface area (Å²) < 4.78 is 10.8. The van der Waals surface area contributed by atoms with E-state index in [1.54, 1.807) is 9.80 Å². The Balaban J connectivity index is 0.000000167. The Hall–Kier alpha value is -4.32. The molecule has 5 fully saturated rings. The monoisotopic (exact) mass is 830 g/mol. The summed E-state index contributed by atoms with van der Waals surface area (Å²) in [6.45, 7) is 10.5. The molecular formula is C44H62N8O8. The third-order valence-corrected chi connectivity index (χ3v) is 13.2. The van der Waals surface area contributed by atoms with E-state index in [1.807, 2.05) is 21.9 Å². The molecule has 7 aliphatic heterocycles. The second-order valence-electron chi connectivity index (χ2n) is 17.5. The number of nitrogens with one attached hydrogen (secondary N) is 2. The Morgan fingerprint density at radius 3 is 1.53 bits per heavy atom. The highest BCUT2D eigenvalue weighted by atomic mass is 16.5. The van der Waals surface area contributed by atoms with Crippen LogP contribution >= 0.6 is 0 Å². The third-order valence-electron chi connectivity index (χ3n) is 13.2. The average molecular weight is 831 g/mol. The molecule has 9 rings (SSSR count). The van der Waals surface area contributed by atoms with Crippen LogP contribution in [0.5, 0.6) is 0 Å². The number of urea groups is 2. The molecule has 16 nitrogen and oxygen atoms in total.